The van der Waals surface area contributed by atoms with Gasteiger partial charge >= 0.3 is 0 Å². The first-order valence-corrected chi connectivity index (χ1v) is 10.1. The number of methoxy groups -OCH3 is 4. The minimum absolute atomic E-state index is 0.512. The van der Waals surface area contributed by atoms with Gasteiger partial charge in [0.2, 0.25) is 0 Å². The lowest BCUT2D eigenvalue weighted by molar-refractivity contribution is 0.354. The third kappa shape index (κ3) is 6.76. The van der Waals surface area contributed by atoms with Gasteiger partial charge in [0, 0.05) is 24.7 Å². The van der Waals surface area contributed by atoms with Crippen LogP contribution in [0.3, 0.4) is 0 Å². The van der Waals surface area contributed by atoms with Crippen LogP contribution >= 0.6 is 0 Å². The van der Waals surface area contributed by atoms with Crippen molar-refractivity contribution in [3.8, 4) is 23.0 Å². The molecule has 0 saturated heterocycles. The Labute approximate surface area is 179 Å². The van der Waals surface area contributed by atoms with E-state index in [1.165, 1.54) is 5.56 Å². The fourth-order valence-electron chi connectivity index (χ4n) is 3.02. The molecule has 7 nitrogen and oxygen atoms in total. The van der Waals surface area contributed by atoms with Gasteiger partial charge in [0.1, 0.15) is 11.5 Å². The van der Waals surface area contributed by atoms with Crippen LogP contribution in [-0.2, 0) is 13.0 Å². The van der Waals surface area contributed by atoms with Crippen LogP contribution in [0.25, 0.3) is 0 Å². The molecule has 2 aromatic rings. The molecule has 30 heavy (non-hydrogen) atoms. The van der Waals surface area contributed by atoms with Crippen molar-refractivity contribution in [1.29, 1.82) is 0 Å². The molecule has 164 valence electrons. The Morgan fingerprint density at radius 3 is 2.27 bits per heavy atom. The lowest BCUT2D eigenvalue weighted by Gasteiger charge is -2.13. The van der Waals surface area contributed by atoms with E-state index < -0.39 is 0 Å². The smallest absolute Gasteiger partial charge is 0.191 e. The quantitative estimate of drug-likeness (QED) is 0.333. The van der Waals surface area contributed by atoms with Gasteiger partial charge in [-0.05, 0) is 49.6 Å². The fourth-order valence-corrected chi connectivity index (χ4v) is 3.02. The second kappa shape index (κ2) is 12.5. The molecule has 0 aliphatic rings. The summed E-state index contributed by atoms with van der Waals surface area (Å²) in [5.74, 6) is 3.81. The maximum Gasteiger partial charge on any atom is 0.191 e. The van der Waals surface area contributed by atoms with Gasteiger partial charge in [0.15, 0.2) is 17.5 Å². The molecular formula is C23H33N3O4. The standard InChI is InChI=1S/C23H33N3O4/c1-6-24-23(26-16-18-10-11-19(27-2)15-21(18)29-4)25-13-7-8-17-9-12-20(28-3)22(14-17)30-5/h9-12,14-15H,6-8,13,16H2,1-5H3,(H2,24,25,26). The van der Waals surface area contributed by atoms with E-state index >= 15 is 0 Å². The number of aryl methyl sites for hydroxylation is 1. The van der Waals surface area contributed by atoms with E-state index in [0.29, 0.717) is 6.54 Å². The summed E-state index contributed by atoms with van der Waals surface area (Å²) in [5, 5.41) is 6.67. The van der Waals surface area contributed by atoms with Crippen molar-refractivity contribution in [2.75, 3.05) is 41.5 Å². The Balaban J connectivity index is 1.91. The molecule has 0 fully saturated rings. The number of hydrogen-bond acceptors (Lipinski definition) is 5. The van der Waals surface area contributed by atoms with E-state index in [1.807, 2.05) is 30.3 Å². The van der Waals surface area contributed by atoms with Crippen LogP contribution in [0.1, 0.15) is 24.5 Å². The van der Waals surface area contributed by atoms with Gasteiger partial charge in [-0.2, -0.15) is 0 Å². The van der Waals surface area contributed by atoms with Crippen molar-refractivity contribution in [2.24, 2.45) is 4.99 Å². The Morgan fingerprint density at radius 2 is 1.60 bits per heavy atom. The van der Waals surface area contributed by atoms with Gasteiger partial charge < -0.3 is 29.6 Å². The molecule has 0 heterocycles. The van der Waals surface area contributed by atoms with Crippen LogP contribution in [0.2, 0.25) is 0 Å². The summed E-state index contributed by atoms with van der Waals surface area (Å²) in [6.45, 7) is 4.16. The van der Waals surface area contributed by atoms with Crippen LogP contribution in [0.5, 0.6) is 23.0 Å². The normalized spacial score (nSPS) is 11.0. The molecule has 0 saturated carbocycles. The first-order valence-electron chi connectivity index (χ1n) is 10.1. The number of benzene rings is 2. The molecule has 0 radical (unpaired) electrons. The van der Waals surface area contributed by atoms with E-state index in [1.54, 1.807) is 28.4 Å². The van der Waals surface area contributed by atoms with Gasteiger partial charge in [0.05, 0.1) is 35.0 Å². The highest BCUT2D eigenvalue weighted by Crippen LogP contribution is 2.28. The van der Waals surface area contributed by atoms with Crippen molar-refractivity contribution in [1.82, 2.24) is 10.6 Å². The average molecular weight is 416 g/mol. The Kier molecular flexibility index (Phi) is 9.64. The molecule has 2 aromatic carbocycles. The summed E-state index contributed by atoms with van der Waals surface area (Å²) in [4.78, 5) is 4.68. The van der Waals surface area contributed by atoms with E-state index in [9.17, 15) is 0 Å². The van der Waals surface area contributed by atoms with Crippen molar-refractivity contribution in [3.63, 3.8) is 0 Å². The van der Waals surface area contributed by atoms with Gasteiger partial charge in [0.25, 0.3) is 0 Å². The summed E-state index contributed by atoms with van der Waals surface area (Å²) in [7, 11) is 6.59. The molecule has 0 bridgehead atoms. The molecule has 0 aromatic heterocycles. The molecule has 0 aliphatic heterocycles. The number of rotatable bonds is 11. The summed E-state index contributed by atoms with van der Waals surface area (Å²) in [5.41, 5.74) is 2.21. The van der Waals surface area contributed by atoms with Crippen LogP contribution in [0.15, 0.2) is 41.4 Å². The van der Waals surface area contributed by atoms with Crippen molar-refractivity contribution < 1.29 is 18.9 Å². The molecule has 0 spiro atoms. The minimum atomic E-state index is 0.512. The molecule has 0 atom stereocenters. The lowest BCUT2D eigenvalue weighted by Crippen LogP contribution is -2.37. The van der Waals surface area contributed by atoms with E-state index in [2.05, 4.69) is 28.6 Å². The molecule has 0 aliphatic carbocycles. The number of nitrogens with one attached hydrogen (secondary N) is 2. The topological polar surface area (TPSA) is 73.3 Å². The molecule has 2 rings (SSSR count). The second-order valence-electron chi connectivity index (χ2n) is 6.59. The van der Waals surface area contributed by atoms with Crippen LogP contribution in [-0.4, -0.2) is 47.5 Å². The van der Waals surface area contributed by atoms with Crippen molar-refractivity contribution in [3.05, 3.63) is 47.5 Å². The molecular weight excluding hydrogens is 382 g/mol. The van der Waals surface area contributed by atoms with E-state index in [-0.39, 0.29) is 0 Å². The van der Waals surface area contributed by atoms with Gasteiger partial charge in [-0.1, -0.05) is 6.07 Å². The Morgan fingerprint density at radius 1 is 0.833 bits per heavy atom. The fraction of sp³-hybridized carbons (Fsp3) is 0.435. The van der Waals surface area contributed by atoms with E-state index in [4.69, 9.17) is 18.9 Å². The molecule has 0 amide bonds. The Bertz CT molecular complexity index is 824. The van der Waals surface area contributed by atoms with Gasteiger partial charge in [-0.15, -0.1) is 0 Å². The number of aliphatic imine (C=N–C) groups is 1. The molecule has 0 unspecified atom stereocenters. The van der Waals surface area contributed by atoms with Crippen molar-refractivity contribution in [2.45, 2.75) is 26.3 Å². The molecule has 2 N–H and O–H groups in total. The monoisotopic (exact) mass is 415 g/mol. The van der Waals surface area contributed by atoms with Crippen LogP contribution in [0.4, 0.5) is 0 Å². The van der Waals surface area contributed by atoms with Crippen molar-refractivity contribution >= 4 is 5.96 Å². The zero-order valence-corrected chi connectivity index (χ0v) is 18.6. The van der Waals surface area contributed by atoms with Crippen LogP contribution < -0.4 is 29.6 Å². The highest BCUT2D eigenvalue weighted by atomic mass is 16.5. The van der Waals surface area contributed by atoms with Crippen LogP contribution in [0, 0.1) is 0 Å². The predicted molar refractivity (Wildman–Crippen MR) is 120 cm³/mol. The van der Waals surface area contributed by atoms with E-state index in [0.717, 1.165) is 60.5 Å². The first-order chi connectivity index (χ1) is 14.6. The number of ether oxygens (including phenoxy) is 4. The average Bonchev–Trinajstić information content (AvgIpc) is 2.79. The SMILES string of the molecule is CCNC(=NCc1ccc(OC)cc1OC)NCCCc1ccc(OC)c(OC)c1. The number of hydrogen-bond donors (Lipinski definition) is 2. The molecule has 7 heteroatoms. The maximum absolute atomic E-state index is 5.45. The summed E-state index contributed by atoms with van der Waals surface area (Å²) < 4.78 is 21.4. The van der Waals surface area contributed by atoms with Gasteiger partial charge in [-0.25, -0.2) is 4.99 Å². The van der Waals surface area contributed by atoms with Gasteiger partial charge in [-0.3, -0.25) is 0 Å². The third-order valence-electron chi connectivity index (χ3n) is 4.63. The third-order valence-corrected chi connectivity index (χ3v) is 4.63. The number of nitrogens with zero attached hydrogens (tertiary/aromatic N) is 1. The highest BCUT2D eigenvalue weighted by Gasteiger charge is 2.07. The zero-order valence-electron chi connectivity index (χ0n) is 18.6. The lowest BCUT2D eigenvalue weighted by atomic mass is 10.1. The largest absolute Gasteiger partial charge is 0.497 e. The summed E-state index contributed by atoms with van der Waals surface area (Å²) >= 11 is 0. The second-order valence-corrected chi connectivity index (χ2v) is 6.59. The predicted octanol–water partition coefficient (Wildman–Crippen LogP) is 3.41. The zero-order chi connectivity index (χ0) is 21.8. The highest BCUT2D eigenvalue weighted by molar-refractivity contribution is 5.79. The summed E-state index contributed by atoms with van der Waals surface area (Å²) in [6.07, 6.45) is 1.89. The first kappa shape index (κ1) is 23.2. The minimum Gasteiger partial charge on any atom is -0.497 e. The number of guanidine groups is 1. The summed E-state index contributed by atoms with van der Waals surface area (Å²) in [6, 6.07) is 11.8. The Hall–Kier alpha value is -3.09. The maximum atomic E-state index is 5.45.